The zero-order valence-electron chi connectivity index (χ0n) is 7.44. The lowest BCUT2D eigenvalue weighted by Gasteiger charge is -2.07. The first-order chi connectivity index (χ1) is 6.60. The van der Waals surface area contributed by atoms with Crippen LogP contribution in [0.2, 0.25) is 0 Å². The second-order valence-corrected chi connectivity index (χ2v) is 5.67. The van der Waals surface area contributed by atoms with Crippen molar-refractivity contribution < 1.29 is 38.2 Å². The summed E-state index contributed by atoms with van der Waals surface area (Å²) in [4.78, 5) is 44.0. The first-order valence-corrected chi connectivity index (χ1v) is 7.02. The van der Waals surface area contributed by atoms with Gasteiger partial charge in [0.1, 0.15) is 13.2 Å². The van der Waals surface area contributed by atoms with Gasteiger partial charge >= 0.3 is 21.3 Å². The predicted octanol–water partition coefficient (Wildman–Crippen LogP) is -1.61. The Morgan fingerprint density at radius 1 is 1.20 bits per heavy atom. The molecule has 0 spiro atoms. The van der Waals surface area contributed by atoms with Crippen LogP contribution >= 0.6 is 15.3 Å². The quantitative estimate of drug-likeness (QED) is 0.281. The van der Waals surface area contributed by atoms with Gasteiger partial charge in [0.25, 0.3) is 0 Å². The van der Waals surface area contributed by atoms with Crippen molar-refractivity contribution in [2.45, 2.75) is 0 Å². The van der Waals surface area contributed by atoms with Gasteiger partial charge in [-0.25, -0.2) is 9.65 Å². The number of carbonyl (C=O) groups excluding carboxylic acids is 1. The van der Waals surface area contributed by atoms with Gasteiger partial charge in [0.15, 0.2) is 0 Å². The van der Waals surface area contributed by atoms with Crippen LogP contribution in [0.5, 0.6) is 0 Å². The van der Waals surface area contributed by atoms with Gasteiger partial charge in [0.05, 0.1) is 6.16 Å². The van der Waals surface area contributed by atoms with Crippen molar-refractivity contribution in [3.8, 4) is 0 Å². The average molecular weight is 263 g/mol. The summed E-state index contributed by atoms with van der Waals surface area (Å²) < 4.78 is 24.8. The molecule has 0 rings (SSSR count). The number of carbonyl (C=O) groups is 1. The van der Waals surface area contributed by atoms with Crippen LogP contribution < -0.4 is 5.09 Å². The van der Waals surface area contributed by atoms with Crippen LogP contribution in [-0.4, -0.2) is 44.9 Å². The highest BCUT2D eigenvalue weighted by atomic mass is 31.2. The largest absolute Gasteiger partial charge is 0.464 e. The normalized spacial score (nSPS) is 12.5. The Labute approximate surface area is 84.8 Å². The topological polar surface area (TPSA) is 153 Å². The molecular formula is C4H11NO8P2. The van der Waals surface area contributed by atoms with Crippen LogP contribution in [-0.2, 0) is 18.7 Å². The molecule has 0 bridgehead atoms. The van der Waals surface area contributed by atoms with E-state index in [1.807, 2.05) is 0 Å². The molecule has 0 amide bonds. The Balaban J connectivity index is 3.69. The maximum Gasteiger partial charge on any atom is 0.400 e. The Morgan fingerprint density at radius 2 is 1.73 bits per heavy atom. The van der Waals surface area contributed by atoms with E-state index in [1.165, 1.54) is 0 Å². The van der Waals surface area contributed by atoms with E-state index < -0.39 is 40.6 Å². The summed E-state index contributed by atoms with van der Waals surface area (Å²) >= 11 is 0. The maximum atomic E-state index is 10.7. The van der Waals surface area contributed by atoms with Gasteiger partial charge in [-0.2, -0.15) is 0 Å². The molecule has 0 aliphatic heterocycles. The van der Waals surface area contributed by atoms with E-state index in [-0.39, 0.29) is 0 Å². The smallest absolute Gasteiger partial charge is 0.400 e. The van der Waals surface area contributed by atoms with Crippen molar-refractivity contribution in [2.24, 2.45) is 0 Å². The van der Waals surface area contributed by atoms with Gasteiger partial charge in [-0.1, -0.05) is 0 Å². The minimum Gasteiger partial charge on any atom is -0.464 e. The highest BCUT2D eigenvalue weighted by molar-refractivity contribution is 7.51. The molecule has 0 aromatic carbocycles. The maximum absolute atomic E-state index is 10.7. The van der Waals surface area contributed by atoms with Gasteiger partial charge in [0.2, 0.25) is 0 Å². The summed E-state index contributed by atoms with van der Waals surface area (Å²) in [6.45, 7) is -1.24. The van der Waals surface area contributed by atoms with Crippen LogP contribution in [0.25, 0.3) is 0 Å². The molecule has 0 radical (unpaired) electrons. The fourth-order valence-corrected chi connectivity index (χ4v) is 1.16. The highest BCUT2D eigenvalue weighted by Gasteiger charge is 2.16. The van der Waals surface area contributed by atoms with Crippen LogP contribution in [0.1, 0.15) is 0 Å². The molecule has 0 heterocycles. The SMILES string of the molecule is O=C(CNP(=O)(O)O)OCCP(=O)(O)O. The molecule has 0 saturated carbocycles. The number of hydrogen-bond acceptors (Lipinski definition) is 4. The molecule has 0 atom stereocenters. The number of hydrogen-bond donors (Lipinski definition) is 5. The Bertz CT molecular complexity index is 304. The van der Waals surface area contributed by atoms with Crippen LogP contribution in [0, 0.1) is 0 Å². The van der Waals surface area contributed by atoms with Gasteiger partial charge in [-0.3, -0.25) is 9.36 Å². The number of nitrogens with one attached hydrogen (secondary N) is 1. The molecule has 9 nitrogen and oxygen atoms in total. The Hall–Kier alpha value is -0.270. The number of rotatable bonds is 6. The van der Waals surface area contributed by atoms with Crippen molar-refractivity contribution in [3.63, 3.8) is 0 Å². The van der Waals surface area contributed by atoms with E-state index in [0.717, 1.165) is 0 Å². The lowest BCUT2D eigenvalue weighted by atomic mass is 10.7. The van der Waals surface area contributed by atoms with Crippen LogP contribution in [0.4, 0.5) is 0 Å². The number of ether oxygens (including phenoxy) is 1. The fraction of sp³-hybridized carbons (Fsp3) is 0.750. The Kier molecular flexibility index (Phi) is 5.61. The van der Waals surface area contributed by atoms with E-state index in [9.17, 15) is 13.9 Å². The van der Waals surface area contributed by atoms with Crippen molar-refractivity contribution >= 4 is 21.3 Å². The second kappa shape index (κ2) is 5.72. The minimum absolute atomic E-state index is 0.508. The molecule has 0 unspecified atom stereocenters. The predicted molar refractivity (Wildman–Crippen MR) is 47.9 cm³/mol. The summed E-state index contributed by atoms with van der Waals surface area (Å²) in [5.74, 6) is -1.01. The van der Waals surface area contributed by atoms with Crippen molar-refractivity contribution in [1.82, 2.24) is 5.09 Å². The monoisotopic (exact) mass is 263 g/mol. The highest BCUT2D eigenvalue weighted by Crippen LogP contribution is 2.33. The molecular weight excluding hydrogens is 252 g/mol. The molecule has 90 valence electrons. The summed E-state index contributed by atoms with van der Waals surface area (Å²) in [5.41, 5.74) is 0. The third-order valence-corrected chi connectivity index (χ3v) is 2.41. The lowest BCUT2D eigenvalue weighted by molar-refractivity contribution is -0.141. The third-order valence-electron chi connectivity index (χ3n) is 1.07. The van der Waals surface area contributed by atoms with Crippen LogP contribution in [0.15, 0.2) is 0 Å². The zero-order chi connectivity index (χ0) is 12.1. The van der Waals surface area contributed by atoms with Gasteiger partial charge < -0.3 is 24.3 Å². The first-order valence-electron chi connectivity index (χ1n) is 3.61. The molecule has 15 heavy (non-hydrogen) atoms. The van der Waals surface area contributed by atoms with Crippen molar-refractivity contribution in [2.75, 3.05) is 19.3 Å². The molecule has 5 N–H and O–H groups in total. The summed E-state index contributed by atoms with van der Waals surface area (Å²) in [6, 6.07) is 0. The molecule has 0 fully saturated rings. The van der Waals surface area contributed by atoms with Gasteiger partial charge in [0, 0.05) is 0 Å². The van der Waals surface area contributed by atoms with E-state index in [2.05, 4.69) is 4.74 Å². The van der Waals surface area contributed by atoms with E-state index in [0.29, 0.717) is 0 Å². The number of esters is 1. The average Bonchev–Trinajstić information content (AvgIpc) is 1.97. The summed E-state index contributed by atoms with van der Waals surface area (Å²) in [5, 5.41) is 1.57. The third kappa shape index (κ3) is 11.7. The van der Waals surface area contributed by atoms with Crippen LogP contribution in [0.3, 0.4) is 0 Å². The first kappa shape index (κ1) is 14.7. The summed E-state index contributed by atoms with van der Waals surface area (Å²) in [6.07, 6.45) is -0.630. The molecule has 0 aromatic heterocycles. The minimum atomic E-state index is -4.49. The summed E-state index contributed by atoms with van der Waals surface area (Å²) in [7, 11) is -8.71. The lowest BCUT2D eigenvalue weighted by Crippen LogP contribution is -2.23. The van der Waals surface area contributed by atoms with E-state index in [1.54, 1.807) is 5.09 Å². The Morgan fingerprint density at radius 3 is 2.13 bits per heavy atom. The second-order valence-electron chi connectivity index (χ2n) is 2.49. The standard InChI is InChI=1S/C4H11NO8P2/c6-4(3-5-15(10,11)12)13-1-2-14(7,8)9/h1-3H2,(H2,7,8,9)(H3,5,10,11,12). The zero-order valence-corrected chi connectivity index (χ0v) is 9.23. The molecule has 0 aromatic rings. The van der Waals surface area contributed by atoms with Crippen molar-refractivity contribution in [1.29, 1.82) is 0 Å². The van der Waals surface area contributed by atoms with Gasteiger partial charge in [-0.05, 0) is 0 Å². The van der Waals surface area contributed by atoms with E-state index >= 15 is 0 Å². The fourth-order valence-electron chi connectivity index (χ4n) is 0.497. The van der Waals surface area contributed by atoms with E-state index in [4.69, 9.17) is 19.6 Å². The molecule has 0 aliphatic rings. The van der Waals surface area contributed by atoms with Gasteiger partial charge in [-0.15, -0.1) is 0 Å². The molecule has 0 saturated heterocycles. The van der Waals surface area contributed by atoms with Crippen molar-refractivity contribution in [3.05, 3.63) is 0 Å². The molecule has 11 heteroatoms. The molecule has 0 aliphatic carbocycles.